The number of aromatic nitrogens is 1. The maximum absolute atomic E-state index is 13.1. The van der Waals surface area contributed by atoms with Gasteiger partial charge in [-0.15, -0.1) is 23.1 Å². The second-order valence-corrected chi connectivity index (χ2v) is 11.7. The maximum atomic E-state index is 13.1. The van der Waals surface area contributed by atoms with Crippen LogP contribution in [-0.2, 0) is 4.79 Å². The fourth-order valence-corrected chi connectivity index (χ4v) is 5.77. The molecule has 0 saturated carbocycles. The number of hydrogen-bond donors (Lipinski definition) is 3. The van der Waals surface area contributed by atoms with Gasteiger partial charge in [0.05, 0.1) is 10.9 Å². The lowest BCUT2D eigenvalue weighted by atomic mass is 10.1. The Kier molecular flexibility index (Phi) is 8.97. The Balaban J connectivity index is 1.38. The first-order chi connectivity index (χ1) is 17.8. The standard InChI is InChI=1S/C29H30N4OS3/c1-5-25(27(34)33-29-32-26(20(4)36-29)21-13-9-18(2)10-14-21)37-24-8-6-7-23(17-24)31-28(35)30-22-15-11-19(3)12-16-22/h6-17,25H,5H2,1-4H3,(H2,30,31,35)(H,32,33,34). The largest absolute Gasteiger partial charge is 0.332 e. The number of aryl methyl sites for hydroxylation is 3. The van der Waals surface area contributed by atoms with Crippen molar-refractivity contribution in [3.05, 3.63) is 88.8 Å². The number of carbonyl (C=O) groups is 1. The first kappa shape index (κ1) is 26.9. The second-order valence-electron chi connectivity index (χ2n) is 8.77. The van der Waals surface area contributed by atoms with E-state index < -0.39 is 0 Å². The second kappa shape index (κ2) is 12.4. The van der Waals surface area contributed by atoms with Crippen LogP contribution in [0.1, 0.15) is 29.3 Å². The third-order valence-corrected chi connectivity index (χ3v) is 8.14. The molecule has 1 amide bonds. The summed E-state index contributed by atoms with van der Waals surface area (Å²) in [4.78, 5) is 19.9. The summed E-state index contributed by atoms with van der Waals surface area (Å²) in [6, 6.07) is 24.3. The number of nitrogens with zero attached hydrogens (tertiary/aromatic N) is 1. The minimum atomic E-state index is -0.250. The van der Waals surface area contributed by atoms with Crippen LogP contribution in [0.15, 0.2) is 77.7 Å². The van der Waals surface area contributed by atoms with E-state index in [-0.39, 0.29) is 11.2 Å². The van der Waals surface area contributed by atoms with E-state index in [9.17, 15) is 4.79 Å². The predicted octanol–water partition coefficient (Wildman–Crippen LogP) is 8.05. The van der Waals surface area contributed by atoms with Crippen molar-refractivity contribution in [2.75, 3.05) is 16.0 Å². The number of amides is 1. The fraction of sp³-hybridized carbons (Fsp3) is 0.207. The molecule has 190 valence electrons. The quantitative estimate of drug-likeness (QED) is 0.153. The zero-order valence-electron chi connectivity index (χ0n) is 21.3. The zero-order valence-corrected chi connectivity index (χ0v) is 23.7. The number of hydrogen-bond acceptors (Lipinski definition) is 5. The van der Waals surface area contributed by atoms with Crippen LogP contribution in [0, 0.1) is 20.8 Å². The summed E-state index contributed by atoms with van der Waals surface area (Å²) in [5, 5.41) is 10.4. The molecule has 0 bridgehead atoms. The Morgan fingerprint density at radius 3 is 2.24 bits per heavy atom. The number of carbonyl (C=O) groups excluding carboxylic acids is 1. The summed E-state index contributed by atoms with van der Waals surface area (Å²) < 4.78 is 0. The van der Waals surface area contributed by atoms with E-state index in [4.69, 9.17) is 17.2 Å². The lowest BCUT2D eigenvalue weighted by Crippen LogP contribution is -2.24. The Morgan fingerprint density at radius 1 is 0.919 bits per heavy atom. The molecule has 8 heteroatoms. The molecule has 0 aliphatic rings. The van der Waals surface area contributed by atoms with Gasteiger partial charge in [-0.1, -0.05) is 60.5 Å². The van der Waals surface area contributed by atoms with Crippen molar-refractivity contribution in [1.82, 2.24) is 4.98 Å². The number of nitrogens with one attached hydrogen (secondary N) is 3. The summed E-state index contributed by atoms with van der Waals surface area (Å²) in [5.41, 5.74) is 6.16. The van der Waals surface area contributed by atoms with E-state index in [0.717, 1.165) is 32.4 Å². The molecule has 1 heterocycles. The van der Waals surface area contributed by atoms with Gasteiger partial charge < -0.3 is 16.0 Å². The Labute approximate surface area is 232 Å². The van der Waals surface area contributed by atoms with Crippen LogP contribution in [0.4, 0.5) is 16.5 Å². The monoisotopic (exact) mass is 546 g/mol. The van der Waals surface area contributed by atoms with Crippen molar-refractivity contribution in [3.63, 3.8) is 0 Å². The van der Waals surface area contributed by atoms with E-state index in [0.29, 0.717) is 16.7 Å². The molecule has 1 aromatic heterocycles. The highest BCUT2D eigenvalue weighted by atomic mass is 32.2. The molecule has 3 N–H and O–H groups in total. The lowest BCUT2D eigenvalue weighted by molar-refractivity contribution is -0.115. The van der Waals surface area contributed by atoms with Crippen LogP contribution in [0.2, 0.25) is 0 Å². The highest BCUT2D eigenvalue weighted by molar-refractivity contribution is 8.00. The normalized spacial score (nSPS) is 11.6. The summed E-state index contributed by atoms with van der Waals surface area (Å²) in [5.74, 6) is -0.0494. The van der Waals surface area contributed by atoms with Crippen molar-refractivity contribution in [2.45, 2.75) is 44.3 Å². The van der Waals surface area contributed by atoms with Gasteiger partial charge in [0.15, 0.2) is 10.2 Å². The van der Waals surface area contributed by atoms with Crippen LogP contribution in [0.25, 0.3) is 11.3 Å². The molecule has 37 heavy (non-hydrogen) atoms. The number of anilines is 3. The average Bonchev–Trinajstić information content (AvgIpc) is 3.24. The van der Waals surface area contributed by atoms with E-state index in [1.807, 2.05) is 69.3 Å². The number of benzene rings is 3. The summed E-state index contributed by atoms with van der Waals surface area (Å²) in [6.07, 6.45) is 0.691. The molecule has 0 radical (unpaired) electrons. The smallest absolute Gasteiger partial charge is 0.239 e. The summed E-state index contributed by atoms with van der Waals surface area (Å²) in [7, 11) is 0. The molecular formula is C29H30N4OS3. The van der Waals surface area contributed by atoms with Gasteiger partial charge in [-0.25, -0.2) is 4.98 Å². The van der Waals surface area contributed by atoms with Crippen LogP contribution in [0.5, 0.6) is 0 Å². The highest BCUT2D eigenvalue weighted by Gasteiger charge is 2.20. The number of thioether (sulfide) groups is 1. The van der Waals surface area contributed by atoms with E-state index in [2.05, 4.69) is 47.1 Å². The van der Waals surface area contributed by atoms with Crippen molar-refractivity contribution >= 4 is 62.8 Å². The predicted molar refractivity (Wildman–Crippen MR) is 163 cm³/mol. The summed E-state index contributed by atoms with van der Waals surface area (Å²) in [6.45, 7) is 8.16. The van der Waals surface area contributed by atoms with E-state index >= 15 is 0 Å². The molecular weight excluding hydrogens is 517 g/mol. The average molecular weight is 547 g/mol. The van der Waals surface area contributed by atoms with E-state index in [1.165, 1.54) is 34.2 Å². The molecule has 1 atom stereocenters. The highest BCUT2D eigenvalue weighted by Crippen LogP contribution is 2.32. The molecule has 0 aliphatic heterocycles. The van der Waals surface area contributed by atoms with Gasteiger partial charge in [-0.2, -0.15) is 0 Å². The zero-order chi connectivity index (χ0) is 26.4. The molecule has 4 aromatic rings. The van der Waals surface area contributed by atoms with Crippen LogP contribution in [0.3, 0.4) is 0 Å². The van der Waals surface area contributed by atoms with Crippen LogP contribution < -0.4 is 16.0 Å². The van der Waals surface area contributed by atoms with Crippen molar-refractivity contribution in [1.29, 1.82) is 0 Å². The van der Waals surface area contributed by atoms with Crippen LogP contribution >= 0.6 is 35.3 Å². The number of rotatable bonds is 8. The van der Waals surface area contributed by atoms with Crippen molar-refractivity contribution in [3.8, 4) is 11.3 Å². The van der Waals surface area contributed by atoms with Gasteiger partial charge in [-0.05, 0) is 69.7 Å². The molecule has 1 unspecified atom stereocenters. The molecule has 0 spiro atoms. The third kappa shape index (κ3) is 7.41. The SMILES string of the molecule is CCC(Sc1cccc(NC(=S)Nc2ccc(C)cc2)c1)C(=O)Nc1nc(-c2ccc(C)cc2)c(C)s1. The molecule has 3 aromatic carbocycles. The first-order valence-electron chi connectivity index (χ1n) is 12.1. The number of thiocarbonyl (C=S) groups is 1. The lowest BCUT2D eigenvalue weighted by Gasteiger charge is -2.15. The molecule has 4 rings (SSSR count). The van der Waals surface area contributed by atoms with E-state index in [1.54, 1.807) is 0 Å². The third-order valence-electron chi connectivity index (χ3n) is 5.69. The molecule has 5 nitrogen and oxygen atoms in total. The minimum absolute atomic E-state index is 0.0494. The molecule has 0 aliphatic carbocycles. The molecule has 0 saturated heterocycles. The van der Waals surface area contributed by atoms with Gasteiger partial charge in [-0.3, -0.25) is 4.79 Å². The van der Waals surface area contributed by atoms with Crippen molar-refractivity contribution in [2.24, 2.45) is 0 Å². The minimum Gasteiger partial charge on any atom is -0.332 e. The Bertz CT molecular complexity index is 1380. The van der Waals surface area contributed by atoms with Crippen LogP contribution in [-0.4, -0.2) is 21.3 Å². The van der Waals surface area contributed by atoms with Crippen molar-refractivity contribution < 1.29 is 4.79 Å². The Morgan fingerprint density at radius 2 is 1.57 bits per heavy atom. The Hall–Kier alpha value is -3.20. The summed E-state index contributed by atoms with van der Waals surface area (Å²) >= 11 is 8.51. The first-order valence-corrected chi connectivity index (χ1v) is 14.2. The van der Waals surface area contributed by atoms with Gasteiger partial charge >= 0.3 is 0 Å². The van der Waals surface area contributed by atoms with Gasteiger partial charge in [0.2, 0.25) is 5.91 Å². The van der Waals surface area contributed by atoms with Gasteiger partial charge in [0.25, 0.3) is 0 Å². The van der Waals surface area contributed by atoms with Gasteiger partial charge in [0.1, 0.15) is 0 Å². The maximum Gasteiger partial charge on any atom is 0.239 e. The topological polar surface area (TPSA) is 66.0 Å². The molecule has 0 fully saturated rings. The van der Waals surface area contributed by atoms with Gasteiger partial charge in [0, 0.05) is 26.7 Å². The fourth-order valence-electron chi connectivity index (χ4n) is 3.68. The number of thiazole rings is 1.